The molecule has 0 saturated carbocycles. The summed E-state index contributed by atoms with van der Waals surface area (Å²) in [4.78, 5) is 9.88. The van der Waals surface area contributed by atoms with Gasteiger partial charge in [0.05, 0.1) is 0 Å². The monoisotopic (exact) mass is 292 g/mol. The first kappa shape index (κ1) is 16.4. The van der Waals surface area contributed by atoms with Crippen molar-refractivity contribution < 1.29 is 13.3 Å². The maximum absolute atomic E-state index is 9.88. The minimum atomic E-state index is -1.99. The zero-order chi connectivity index (χ0) is 15.0. The molecule has 1 N–H and O–H groups in total. The Morgan fingerprint density at radius 3 is 2.55 bits per heavy atom. The van der Waals surface area contributed by atoms with Crippen LogP contribution in [-0.4, -0.2) is 4.89 Å². The van der Waals surface area contributed by atoms with Crippen LogP contribution in [-0.2, 0) is 0 Å². The second-order valence-corrected chi connectivity index (χ2v) is 4.82. The van der Waals surface area contributed by atoms with Crippen molar-refractivity contribution in [2.24, 2.45) is 0 Å². The Balaban J connectivity index is 3.95. The van der Waals surface area contributed by atoms with Crippen LogP contribution < -0.4 is 10.6 Å². The summed E-state index contributed by atoms with van der Waals surface area (Å²) in [5.74, 6) is 0.610. The summed E-state index contributed by atoms with van der Waals surface area (Å²) in [6.45, 7) is 9.57. The Kier molecular flexibility index (Phi) is 6.92. The van der Waals surface area contributed by atoms with Gasteiger partial charge in [0, 0.05) is 10.8 Å². The molecule has 0 fully saturated rings. The minimum absolute atomic E-state index is 0.559. The number of allylic oxidation sites excluding steroid dienone is 3. The molecule has 0 aliphatic rings. The lowest BCUT2D eigenvalue weighted by Crippen LogP contribution is -2.24. The molecule has 1 atom stereocenters. The van der Waals surface area contributed by atoms with Crippen molar-refractivity contribution in [3.63, 3.8) is 0 Å². The molecule has 0 aliphatic heterocycles. The average Bonchev–Trinajstić information content (AvgIpc) is 2.54. The highest BCUT2D eigenvalue weighted by molar-refractivity contribution is 7.30. The van der Waals surface area contributed by atoms with Crippen LogP contribution in [0.1, 0.15) is 38.5 Å². The lowest BCUT2D eigenvalue weighted by Gasteiger charge is -1.95. The molecule has 20 heavy (non-hydrogen) atoms. The highest BCUT2D eigenvalue weighted by atomic mass is 31.1. The van der Waals surface area contributed by atoms with Crippen LogP contribution in [0.2, 0.25) is 0 Å². The molecule has 0 aromatic carbocycles. The van der Waals surface area contributed by atoms with E-state index in [1.165, 1.54) is 0 Å². The molecule has 1 aromatic rings. The van der Waals surface area contributed by atoms with Crippen molar-refractivity contribution >= 4 is 32.5 Å². The fourth-order valence-corrected chi connectivity index (χ4v) is 2.45. The van der Waals surface area contributed by atoms with Gasteiger partial charge in [0.2, 0.25) is 0 Å². The number of hydrogen-bond acceptors (Lipinski definition) is 3. The molecule has 1 rings (SSSR count). The summed E-state index contributed by atoms with van der Waals surface area (Å²) in [6, 6.07) is 0. The van der Waals surface area contributed by atoms with E-state index in [4.69, 9.17) is 8.39 Å². The number of rotatable bonds is 4. The molecule has 0 saturated heterocycles. The Bertz CT molecular complexity index is 664. The third-order valence-corrected chi connectivity index (χ3v) is 3.28. The van der Waals surface area contributed by atoms with Gasteiger partial charge in [-0.25, -0.2) is 0 Å². The van der Waals surface area contributed by atoms with Crippen molar-refractivity contribution in [2.75, 3.05) is 0 Å². The summed E-state index contributed by atoms with van der Waals surface area (Å²) >= 11 is 0. The minimum Gasteiger partial charge on any atom is -0.399 e. The Morgan fingerprint density at radius 1 is 1.25 bits per heavy atom. The lowest BCUT2D eigenvalue weighted by atomic mass is 10.1. The van der Waals surface area contributed by atoms with Gasteiger partial charge in [-0.2, -0.15) is 0 Å². The van der Waals surface area contributed by atoms with E-state index < -0.39 is 8.24 Å². The van der Waals surface area contributed by atoms with Crippen molar-refractivity contribution in [1.82, 2.24) is 0 Å². The quantitative estimate of drug-likeness (QED) is 0.913. The van der Waals surface area contributed by atoms with Gasteiger partial charge >= 0.3 is 8.24 Å². The fourth-order valence-electron chi connectivity index (χ4n) is 1.76. The van der Waals surface area contributed by atoms with Gasteiger partial charge in [0.1, 0.15) is 11.2 Å². The van der Waals surface area contributed by atoms with E-state index >= 15 is 0 Å². The zero-order valence-electron chi connectivity index (χ0n) is 12.2. The highest BCUT2D eigenvalue weighted by Gasteiger charge is 2.04. The second-order valence-electron chi connectivity index (χ2n) is 3.98. The van der Waals surface area contributed by atoms with Gasteiger partial charge < -0.3 is 8.39 Å². The second kappa shape index (κ2) is 8.47. The van der Waals surface area contributed by atoms with Gasteiger partial charge in [-0.1, -0.05) is 43.9 Å². The average molecular weight is 292 g/mol. The summed E-state index contributed by atoms with van der Waals surface area (Å²) in [6.07, 6.45) is 13.9. The summed E-state index contributed by atoms with van der Waals surface area (Å²) in [5.41, 5.74) is 1.44. The van der Waals surface area contributed by atoms with Crippen molar-refractivity contribution in [2.45, 2.75) is 27.2 Å². The molecule has 1 heterocycles. The van der Waals surface area contributed by atoms with E-state index in [1.807, 2.05) is 51.2 Å². The van der Waals surface area contributed by atoms with E-state index in [2.05, 4.69) is 6.58 Å². The summed E-state index contributed by atoms with van der Waals surface area (Å²) in [5, 5.41) is 0.873. The van der Waals surface area contributed by atoms with Crippen molar-refractivity contribution in [3.8, 4) is 0 Å². The van der Waals surface area contributed by atoms with Crippen LogP contribution in [0.25, 0.3) is 24.3 Å². The predicted molar refractivity (Wildman–Crippen MR) is 87.0 cm³/mol. The van der Waals surface area contributed by atoms with E-state index in [9.17, 15) is 4.89 Å². The molecule has 1 unspecified atom stereocenters. The number of hydrogen-bond donors (Lipinski definition) is 1. The Hall–Kier alpha value is -1.70. The Morgan fingerprint density at radius 2 is 2.00 bits per heavy atom. The first-order chi connectivity index (χ1) is 9.67. The van der Waals surface area contributed by atoms with Gasteiger partial charge in [-0.15, -0.1) is 0 Å². The predicted octanol–water partition coefficient (Wildman–Crippen LogP) is 3.96. The molecule has 0 aliphatic carbocycles. The standard InChI is InChI=1S/C16H21O3P/c1-5-9-12-16-14(10-6-2)13(8-4)15(11-7-3)18-20(17)19-16/h6-12,17H,3,5H2,1-2,4H3/b10-6-,12-9-,13-8-,15-11+. The van der Waals surface area contributed by atoms with Crippen LogP contribution in [0.4, 0.5) is 0 Å². The first-order valence-corrected chi connectivity index (χ1v) is 7.69. The smallest absolute Gasteiger partial charge is 0.384 e. The molecule has 1 aromatic heterocycles. The van der Waals surface area contributed by atoms with Crippen LogP contribution >= 0.6 is 8.24 Å². The highest BCUT2D eigenvalue weighted by Crippen LogP contribution is 2.21. The third kappa shape index (κ3) is 4.16. The maximum atomic E-state index is 9.88. The lowest BCUT2D eigenvalue weighted by molar-refractivity contribution is 0.455. The molecule has 0 amide bonds. The molecular weight excluding hydrogens is 271 g/mol. The SMILES string of the molecule is C=C/C=c1/op(O)oc(/C=C\CC)c(/C=C\C)/c1=C/C. The van der Waals surface area contributed by atoms with E-state index in [0.29, 0.717) is 11.2 Å². The van der Waals surface area contributed by atoms with Gasteiger partial charge in [0.15, 0.2) is 0 Å². The van der Waals surface area contributed by atoms with Crippen molar-refractivity contribution in [3.05, 3.63) is 46.8 Å². The molecule has 3 nitrogen and oxygen atoms in total. The molecule has 108 valence electrons. The molecule has 4 heteroatoms. The van der Waals surface area contributed by atoms with E-state index in [1.54, 1.807) is 12.2 Å². The van der Waals surface area contributed by atoms with Crippen LogP contribution in [0.5, 0.6) is 0 Å². The topological polar surface area (TPSA) is 46.5 Å². The fraction of sp³-hybridized carbons (Fsp3) is 0.250. The zero-order valence-corrected chi connectivity index (χ0v) is 13.1. The normalized spacial score (nSPS) is 14.5. The molecule has 0 radical (unpaired) electrons. The largest absolute Gasteiger partial charge is 0.399 e. The molecule has 0 bridgehead atoms. The first-order valence-electron chi connectivity index (χ1n) is 6.56. The van der Waals surface area contributed by atoms with Gasteiger partial charge in [0.25, 0.3) is 0 Å². The summed E-state index contributed by atoms with van der Waals surface area (Å²) < 4.78 is 11.0. The van der Waals surface area contributed by atoms with Gasteiger partial charge in [-0.05, 0) is 32.4 Å². The molecule has 0 spiro atoms. The third-order valence-electron chi connectivity index (χ3n) is 2.57. The van der Waals surface area contributed by atoms with Crippen LogP contribution in [0, 0.1) is 0 Å². The summed E-state index contributed by atoms with van der Waals surface area (Å²) in [7, 11) is -1.99. The van der Waals surface area contributed by atoms with Crippen LogP contribution in [0.15, 0.2) is 33.2 Å². The van der Waals surface area contributed by atoms with E-state index in [0.717, 1.165) is 17.2 Å². The van der Waals surface area contributed by atoms with Gasteiger partial charge in [-0.3, -0.25) is 4.89 Å². The van der Waals surface area contributed by atoms with Crippen LogP contribution in [0.3, 0.4) is 0 Å². The Labute approximate surface area is 120 Å². The maximum Gasteiger partial charge on any atom is 0.384 e. The van der Waals surface area contributed by atoms with Crippen molar-refractivity contribution in [1.29, 1.82) is 0 Å². The molecular formula is C16H21O3P. The van der Waals surface area contributed by atoms with E-state index in [-0.39, 0.29) is 0 Å².